The number of nitrogens with zero attached hydrogens (tertiary/aromatic N) is 1. The third kappa shape index (κ3) is 5.86. The van der Waals surface area contributed by atoms with Crippen molar-refractivity contribution in [3.63, 3.8) is 0 Å². The van der Waals surface area contributed by atoms with Gasteiger partial charge >= 0.3 is 6.03 Å². The van der Waals surface area contributed by atoms with Gasteiger partial charge in [-0.2, -0.15) is 0 Å². The summed E-state index contributed by atoms with van der Waals surface area (Å²) in [4.78, 5) is 26.9. The number of rotatable bonds is 8. The molecule has 2 N–H and O–H groups in total. The molecule has 0 radical (unpaired) electrons. The summed E-state index contributed by atoms with van der Waals surface area (Å²) in [6.45, 7) is 10.5. The van der Waals surface area contributed by atoms with E-state index < -0.39 is 5.54 Å². The molecule has 0 fully saturated rings. The third-order valence-electron chi connectivity index (χ3n) is 5.99. The summed E-state index contributed by atoms with van der Waals surface area (Å²) in [6.07, 6.45) is 0. The quantitative estimate of drug-likeness (QED) is 0.437. The molecule has 7 heteroatoms. The number of allylic oxidation sites excluding steroid dienone is 1. The minimum atomic E-state index is -0.609. The van der Waals surface area contributed by atoms with E-state index in [-0.39, 0.29) is 18.5 Å². The fraction of sp³-hybridized carbons (Fsp3) is 0.241. The first-order chi connectivity index (χ1) is 17.2. The zero-order valence-electron chi connectivity index (χ0n) is 20.8. The average molecular weight is 486 g/mol. The van der Waals surface area contributed by atoms with Crippen LogP contribution in [0.1, 0.15) is 31.9 Å². The topological polar surface area (TPSA) is 79.9 Å². The predicted molar refractivity (Wildman–Crippen MR) is 143 cm³/mol. The zero-order valence-corrected chi connectivity index (χ0v) is 20.8. The van der Waals surface area contributed by atoms with Crippen LogP contribution in [0, 0.1) is 0 Å². The van der Waals surface area contributed by atoms with E-state index in [4.69, 9.17) is 9.47 Å². The van der Waals surface area contributed by atoms with Gasteiger partial charge in [-0.25, -0.2) is 4.79 Å². The van der Waals surface area contributed by atoms with Gasteiger partial charge in [-0.05, 0) is 62.2 Å². The van der Waals surface area contributed by atoms with Crippen molar-refractivity contribution in [2.75, 3.05) is 30.0 Å². The molecule has 0 spiro atoms. The first-order valence-corrected chi connectivity index (χ1v) is 11.8. The van der Waals surface area contributed by atoms with Crippen LogP contribution in [0.4, 0.5) is 16.2 Å². The van der Waals surface area contributed by atoms with E-state index in [0.717, 1.165) is 22.4 Å². The fourth-order valence-corrected chi connectivity index (χ4v) is 3.99. The van der Waals surface area contributed by atoms with Gasteiger partial charge in [0.2, 0.25) is 0 Å². The molecule has 0 aliphatic carbocycles. The summed E-state index contributed by atoms with van der Waals surface area (Å²) in [7, 11) is 0. The Balaban J connectivity index is 1.40. The predicted octanol–water partition coefficient (Wildman–Crippen LogP) is 5.58. The molecule has 0 atom stereocenters. The summed E-state index contributed by atoms with van der Waals surface area (Å²) in [5.41, 5.74) is 3.56. The molecule has 0 saturated carbocycles. The summed E-state index contributed by atoms with van der Waals surface area (Å²) >= 11 is 0. The fourth-order valence-electron chi connectivity index (χ4n) is 3.99. The Labute approximate surface area is 211 Å². The SMILES string of the molecule is C=C(C)c1cccc(C(C)(C)NC(=O)Nc2ccc3c(c2)OCC(=O)N3CCOc2ccccc2)c1. The molecule has 3 amide bonds. The summed E-state index contributed by atoms with van der Waals surface area (Å²) in [5.74, 6) is 1.13. The molecule has 0 aromatic heterocycles. The molecule has 1 aliphatic rings. The number of urea groups is 1. The van der Waals surface area contributed by atoms with E-state index in [1.165, 1.54) is 0 Å². The van der Waals surface area contributed by atoms with Crippen LogP contribution in [0.3, 0.4) is 0 Å². The van der Waals surface area contributed by atoms with Crippen LogP contribution < -0.4 is 25.0 Å². The first kappa shape index (κ1) is 24.9. The molecule has 36 heavy (non-hydrogen) atoms. The molecule has 7 nitrogen and oxygen atoms in total. The molecular weight excluding hydrogens is 454 g/mol. The lowest BCUT2D eigenvalue weighted by molar-refractivity contribution is -0.121. The van der Waals surface area contributed by atoms with Crippen LogP contribution in [-0.2, 0) is 10.3 Å². The largest absolute Gasteiger partial charge is 0.492 e. The number of benzene rings is 3. The molecule has 3 aromatic rings. The number of carbonyl (C=O) groups is 2. The molecule has 1 aliphatic heterocycles. The van der Waals surface area contributed by atoms with E-state index in [9.17, 15) is 9.59 Å². The second-order valence-electron chi connectivity index (χ2n) is 9.24. The van der Waals surface area contributed by atoms with Crippen LogP contribution in [0.15, 0.2) is 79.4 Å². The Bertz CT molecular complexity index is 1270. The summed E-state index contributed by atoms with van der Waals surface area (Å²) in [5, 5.41) is 5.90. The highest BCUT2D eigenvalue weighted by Gasteiger charge is 2.27. The van der Waals surface area contributed by atoms with E-state index in [2.05, 4.69) is 17.2 Å². The van der Waals surface area contributed by atoms with Crippen LogP contribution in [0.2, 0.25) is 0 Å². The van der Waals surface area contributed by atoms with Crippen LogP contribution in [0.5, 0.6) is 11.5 Å². The second kappa shape index (κ2) is 10.6. The first-order valence-electron chi connectivity index (χ1n) is 11.8. The van der Waals surface area contributed by atoms with Gasteiger partial charge in [0, 0.05) is 11.8 Å². The van der Waals surface area contributed by atoms with E-state index in [1.54, 1.807) is 23.1 Å². The number of hydrogen-bond donors (Lipinski definition) is 2. The van der Waals surface area contributed by atoms with Crippen molar-refractivity contribution in [3.05, 3.63) is 90.5 Å². The minimum absolute atomic E-state index is 0.0694. The Hall–Kier alpha value is -4.26. The number of hydrogen-bond acceptors (Lipinski definition) is 4. The number of carbonyl (C=O) groups excluding carboxylic acids is 2. The highest BCUT2D eigenvalue weighted by molar-refractivity contribution is 5.99. The summed E-state index contributed by atoms with van der Waals surface area (Å²) in [6, 6.07) is 22.3. The molecular formula is C29H31N3O4. The maximum absolute atomic E-state index is 12.8. The maximum atomic E-state index is 12.8. The van der Waals surface area contributed by atoms with Crippen molar-refractivity contribution in [2.45, 2.75) is 26.3 Å². The number of fused-ring (bicyclic) bond motifs is 1. The lowest BCUT2D eigenvalue weighted by Gasteiger charge is -2.30. The monoisotopic (exact) mass is 485 g/mol. The zero-order chi connectivity index (χ0) is 25.7. The van der Waals surface area contributed by atoms with E-state index >= 15 is 0 Å². The van der Waals surface area contributed by atoms with Gasteiger partial charge in [0.25, 0.3) is 5.91 Å². The molecule has 0 bridgehead atoms. The van der Waals surface area contributed by atoms with E-state index in [0.29, 0.717) is 30.3 Å². The Kier molecular flexibility index (Phi) is 7.29. The van der Waals surface area contributed by atoms with Crippen LogP contribution >= 0.6 is 0 Å². The second-order valence-corrected chi connectivity index (χ2v) is 9.24. The molecule has 1 heterocycles. The molecule has 0 saturated heterocycles. The molecule has 186 valence electrons. The number of anilines is 2. The number of para-hydroxylation sites is 1. The van der Waals surface area contributed by atoms with Gasteiger partial charge in [0.05, 0.1) is 17.8 Å². The van der Waals surface area contributed by atoms with Gasteiger partial charge in [0.1, 0.15) is 18.1 Å². The van der Waals surface area contributed by atoms with Gasteiger partial charge in [-0.1, -0.05) is 48.6 Å². The van der Waals surface area contributed by atoms with E-state index in [1.807, 2.05) is 75.4 Å². The van der Waals surface area contributed by atoms with Gasteiger partial charge in [-0.15, -0.1) is 0 Å². The smallest absolute Gasteiger partial charge is 0.319 e. The number of amides is 3. The van der Waals surface area contributed by atoms with Gasteiger partial charge in [-0.3, -0.25) is 4.79 Å². The molecule has 0 unspecified atom stereocenters. The summed E-state index contributed by atoms with van der Waals surface area (Å²) < 4.78 is 11.4. The number of ether oxygens (including phenoxy) is 2. The minimum Gasteiger partial charge on any atom is -0.492 e. The highest BCUT2D eigenvalue weighted by atomic mass is 16.5. The lowest BCUT2D eigenvalue weighted by Crippen LogP contribution is -2.43. The molecule has 4 rings (SSSR count). The van der Waals surface area contributed by atoms with Crippen molar-refractivity contribution in [1.29, 1.82) is 0 Å². The Morgan fingerprint density at radius 1 is 1.08 bits per heavy atom. The third-order valence-corrected chi connectivity index (χ3v) is 5.99. The Morgan fingerprint density at radius 2 is 1.86 bits per heavy atom. The standard InChI is InChI=1S/C29H31N3O4/c1-20(2)21-9-8-10-22(17-21)29(3,4)31-28(34)30-23-13-14-25-26(18-23)36-19-27(33)32(25)15-16-35-24-11-6-5-7-12-24/h5-14,17-18H,1,15-16,19H2,2-4H3,(H2,30,31,34). The lowest BCUT2D eigenvalue weighted by atomic mass is 9.92. The van der Waals surface area contributed by atoms with Crippen LogP contribution in [0.25, 0.3) is 5.57 Å². The van der Waals surface area contributed by atoms with Crippen molar-refractivity contribution < 1.29 is 19.1 Å². The van der Waals surface area contributed by atoms with Crippen molar-refractivity contribution in [3.8, 4) is 11.5 Å². The van der Waals surface area contributed by atoms with Gasteiger partial charge < -0.3 is 25.0 Å². The average Bonchev–Trinajstić information content (AvgIpc) is 2.85. The van der Waals surface area contributed by atoms with Crippen molar-refractivity contribution >= 4 is 28.9 Å². The van der Waals surface area contributed by atoms with Crippen LogP contribution in [-0.4, -0.2) is 31.7 Å². The molecule has 3 aromatic carbocycles. The van der Waals surface area contributed by atoms with Crippen molar-refractivity contribution in [2.24, 2.45) is 0 Å². The number of nitrogens with one attached hydrogen (secondary N) is 2. The normalized spacial score (nSPS) is 12.9. The van der Waals surface area contributed by atoms with Gasteiger partial charge in [0.15, 0.2) is 6.61 Å². The maximum Gasteiger partial charge on any atom is 0.319 e. The Morgan fingerprint density at radius 3 is 2.61 bits per heavy atom. The van der Waals surface area contributed by atoms with Crippen molar-refractivity contribution in [1.82, 2.24) is 5.32 Å². The highest BCUT2D eigenvalue weighted by Crippen LogP contribution is 2.34.